The number of Topliss-reactive ketones (excluding diaryl/α,β-unsaturated/α-hetero) is 1. The number of nitrogens with zero attached hydrogens (tertiary/aromatic N) is 2. The van der Waals surface area contributed by atoms with Gasteiger partial charge in [-0.25, -0.2) is 4.68 Å². The Hall–Kier alpha value is -0.720. The third-order valence-corrected chi connectivity index (χ3v) is 3.54. The highest BCUT2D eigenvalue weighted by atomic mass is 79.9. The lowest BCUT2D eigenvalue weighted by molar-refractivity contribution is -0.0108. The van der Waals surface area contributed by atoms with Crippen LogP contribution in [0.25, 0.3) is 0 Å². The SMILES string of the molecule is COCn1cc(C(=O)CBr)c(COC2CCC2)n1. The van der Waals surface area contributed by atoms with Gasteiger partial charge in [0.25, 0.3) is 0 Å². The number of aromatic nitrogens is 2. The van der Waals surface area contributed by atoms with Crippen LogP contribution in [-0.2, 0) is 22.8 Å². The minimum Gasteiger partial charge on any atom is -0.372 e. The van der Waals surface area contributed by atoms with E-state index in [4.69, 9.17) is 9.47 Å². The van der Waals surface area contributed by atoms with Gasteiger partial charge in [-0.05, 0) is 19.3 Å². The lowest BCUT2D eigenvalue weighted by Gasteiger charge is -2.25. The van der Waals surface area contributed by atoms with Crippen LogP contribution in [0.2, 0.25) is 0 Å². The number of halogens is 1. The highest BCUT2D eigenvalue weighted by Crippen LogP contribution is 2.23. The number of hydrogen-bond donors (Lipinski definition) is 0. The molecule has 0 radical (unpaired) electrons. The molecule has 1 aliphatic carbocycles. The Balaban J connectivity index is 2.06. The zero-order valence-corrected chi connectivity index (χ0v) is 12.0. The molecule has 2 rings (SSSR count). The van der Waals surface area contributed by atoms with Gasteiger partial charge in [-0.3, -0.25) is 4.79 Å². The van der Waals surface area contributed by atoms with Crippen LogP contribution in [0.3, 0.4) is 0 Å². The van der Waals surface area contributed by atoms with Gasteiger partial charge in [0.2, 0.25) is 0 Å². The van der Waals surface area contributed by atoms with Crippen LogP contribution < -0.4 is 0 Å². The molecule has 0 N–H and O–H groups in total. The van der Waals surface area contributed by atoms with E-state index in [0.717, 1.165) is 12.8 Å². The molecule has 0 unspecified atom stereocenters. The predicted molar refractivity (Wildman–Crippen MR) is 69.8 cm³/mol. The maximum Gasteiger partial charge on any atom is 0.176 e. The molecule has 0 atom stereocenters. The van der Waals surface area contributed by atoms with E-state index in [-0.39, 0.29) is 5.78 Å². The second-order valence-corrected chi connectivity index (χ2v) is 4.93. The maximum absolute atomic E-state index is 11.8. The fourth-order valence-electron chi connectivity index (χ4n) is 1.81. The van der Waals surface area contributed by atoms with Crippen molar-refractivity contribution in [3.05, 3.63) is 17.5 Å². The Morgan fingerprint density at radius 1 is 1.61 bits per heavy atom. The van der Waals surface area contributed by atoms with Crippen molar-refractivity contribution >= 4 is 21.7 Å². The molecular weight excluding hydrogens is 300 g/mol. The highest BCUT2D eigenvalue weighted by Gasteiger charge is 2.21. The minimum atomic E-state index is 0.0181. The molecular formula is C12H17BrN2O3. The monoisotopic (exact) mass is 316 g/mol. The smallest absolute Gasteiger partial charge is 0.176 e. The number of methoxy groups -OCH3 is 1. The summed E-state index contributed by atoms with van der Waals surface area (Å²) in [6.45, 7) is 0.738. The van der Waals surface area contributed by atoms with Gasteiger partial charge in [0.05, 0.1) is 29.3 Å². The number of hydrogen-bond acceptors (Lipinski definition) is 4. The Bertz CT molecular complexity index is 415. The molecule has 1 heterocycles. The minimum absolute atomic E-state index is 0.0181. The van der Waals surface area contributed by atoms with Crippen LogP contribution in [0, 0.1) is 0 Å². The van der Waals surface area contributed by atoms with E-state index in [9.17, 15) is 4.79 Å². The van der Waals surface area contributed by atoms with Crippen molar-refractivity contribution in [2.75, 3.05) is 12.4 Å². The quantitative estimate of drug-likeness (QED) is 0.571. The van der Waals surface area contributed by atoms with Gasteiger partial charge in [0.15, 0.2) is 5.78 Å². The van der Waals surface area contributed by atoms with Crippen LogP contribution in [0.5, 0.6) is 0 Å². The van der Waals surface area contributed by atoms with Crippen LogP contribution in [0.4, 0.5) is 0 Å². The van der Waals surface area contributed by atoms with Crippen molar-refractivity contribution in [1.82, 2.24) is 9.78 Å². The first-order chi connectivity index (χ1) is 8.74. The lowest BCUT2D eigenvalue weighted by Crippen LogP contribution is -2.21. The van der Waals surface area contributed by atoms with E-state index in [1.807, 2.05) is 0 Å². The predicted octanol–water partition coefficient (Wildman–Crippen LogP) is 2.13. The summed E-state index contributed by atoms with van der Waals surface area (Å²) in [5.41, 5.74) is 1.31. The molecule has 1 aliphatic rings. The molecule has 6 heteroatoms. The Labute approximate surface area is 115 Å². The molecule has 18 heavy (non-hydrogen) atoms. The molecule has 0 amide bonds. The molecule has 0 saturated heterocycles. The molecule has 0 aromatic carbocycles. The zero-order valence-electron chi connectivity index (χ0n) is 10.4. The fraction of sp³-hybridized carbons (Fsp3) is 0.667. The van der Waals surface area contributed by atoms with Gasteiger partial charge in [-0.1, -0.05) is 15.9 Å². The molecule has 0 aliphatic heterocycles. The molecule has 1 saturated carbocycles. The second kappa shape index (κ2) is 6.45. The number of ketones is 1. The van der Waals surface area contributed by atoms with Crippen LogP contribution in [-0.4, -0.2) is 34.1 Å². The van der Waals surface area contributed by atoms with E-state index in [1.54, 1.807) is 18.0 Å². The van der Waals surface area contributed by atoms with Crippen molar-refractivity contribution in [2.45, 2.75) is 38.7 Å². The van der Waals surface area contributed by atoms with E-state index in [1.165, 1.54) is 6.42 Å². The molecule has 100 valence electrons. The standard InChI is InChI=1S/C12H17BrN2O3/c1-17-8-15-6-10(12(16)5-13)11(14-15)7-18-9-3-2-4-9/h6,9H,2-5,7-8H2,1H3. The lowest BCUT2D eigenvalue weighted by atomic mass is 9.96. The Kier molecular flexibility index (Phi) is 4.91. The summed E-state index contributed by atoms with van der Waals surface area (Å²) in [5.74, 6) is 0.0181. The zero-order chi connectivity index (χ0) is 13.0. The number of alkyl halides is 1. The normalized spacial score (nSPS) is 15.7. The second-order valence-electron chi connectivity index (χ2n) is 4.37. The summed E-state index contributed by atoms with van der Waals surface area (Å²) in [4.78, 5) is 11.8. The van der Waals surface area contributed by atoms with Crippen molar-refractivity contribution in [1.29, 1.82) is 0 Å². The van der Waals surface area contributed by atoms with Gasteiger partial charge in [0, 0.05) is 13.3 Å². The van der Waals surface area contributed by atoms with Crippen molar-refractivity contribution in [2.24, 2.45) is 0 Å². The number of carbonyl (C=O) groups is 1. The molecule has 1 aromatic heterocycles. The Morgan fingerprint density at radius 3 is 2.94 bits per heavy atom. The first-order valence-electron chi connectivity index (χ1n) is 6.00. The van der Waals surface area contributed by atoms with Crippen molar-refractivity contribution in [3.8, 4) is 0 Å². The number of carbonyl (C=O) groups excluding carboxylic acids is 1. The topological polar surface area (TPSA) is 53.4 Å². The third-order valence-electron chi connectivity index (χ3n) is 3.03. The highest BCUT2D eigenvalue weighted by molar-refractivity contribution is 9.09. The summed E-state index contributed by atoms with van der Waals surface area (Å²) in [5, 5.41) is 4.62. The van der Waals surface area contributed by atoms with Crippen LogP contribution in [0.1, 0.15) is 35.3 Å². The maximum atomic E-state index is 11.8. The first kappa shape index (κ1) is 13.7. The first-order valence-corrected chi connectivity index (χ1v) is 7.12. The van der Waals surface area contributed by atoms with Crippen LogP contribution in [0.15, 0.2) is 6.20 Å². The number of rotatable bonds is 7. The van der Waals surface area contributed by atoms with Gasteiger partial charge < -0.3 is 9.47 Å². The van der Waals surface area contributed by atoms with E-state index < -0.39 is 0 Å². The van der Waals surface area contributed by atoms with Crippen molar-refractivity contribution < 1.29 is 14.3 Å². The van der Waals surface area contributed by atoms with Gasteiger partial charge in [-0.2, -0.15) is 5.10 Å². The average Bonchev–Trinajstić information content (AvgIpc) is 2.70. The summed E-state index contributed by atoms with van der Waals surface area (Å²) in [6, 6.07) is 0. The average molecular weight is 317 g/mol. The molecule has 1 fully saturated rings. The third kappa shape index (κ3) is 3.18. The van der Waals surface area contributed by atoms with Gasteiger partial charge >= 0.3 is 0 Å². The van der Waals surface area contributed by atoms with E-state index >= 15 is 0 Å². The summed E-state index contributed by atoms with van der Waals surface area (Å²) < 4.78 is 12.3. The molecule has 5 nitrogen and oxygen atoms in total. The molecule has 0 spiro atoms. The summed E-state index contributed by atoms with van der Waals surface area (Å²) in [6.07, 6.45) is 5.51. The van der Waals surface area contributed by atoms with Crippen molar-refractivity contribution in [3.63, 3.8) is 0 Å². The van der Waals surface area contributed by atoms with E-state index in [2.05, 4.69) is 21.0 Å². The fourth-order valence-corrected chi connectivity index (χ4v) is 2.11. The summed E-state index contributed by atoms with van der Waals surface area (Å²) >= 11 is 3.18. The van der Waals surface area contributed by atoms with Gasteiger partial charge in [-0.15, -0.1) is 0 Å². The number of ether oxygens (including phenoxy) is 2. The van der Waals surface area contributed by atoms with E-state index in [0.29, 0.717) is 36.0 Å². The molecule has 1 aromatic rings. The van der Waals surface area contributed by atoms with Crippen LogP contribution >= 0.6 is 15.9 Å². The molecule has 0 bridgehead atoms. The summed E-state index contributed by atoms with van der Waals surface area (Å²) in [7, 11) is 1.60. The largest absolute Gasteiger partial charge is 0.372 e. The van der Waals surface area contributed by atoms with Gasteiger partial charge in [0.1, 0.15) is 6.73 Å². The Morgan fingerprint density at radius 2 is 2.39 bits per heavy atom.